The normalized spacial score (nSPS) is 18.0. The second-order valence-electron chi connectivity index (χ2n) is 10.6. The van der Waals surface area contributed by atoms with Crippen LogP contribution in [-0.4, -0.2) is 60.7 Å². The molecule has 0 spiro atoms. The summed E-state index contributed by atoms with van der Waals surface area (Å²) in [6, 6.07) is 5.68. The Morgan fingerprint density at radius 2 is 1.83 bits per heavy atom. The van der Waals surface area contributed by atoms with Crippen molar-refractivity contribution in [2.24, 2.45) is 17.3 Å². The molecule has 1 aliphatic rings. The number of nitrogens with zero attached hydrogens (tertiary/aromatic N) is 6. The lowest BCUT2D eigenvalue weighted by molar-refractivity contribution is 0.113. The van der Waals surface area contributed by atoms with Crippen molar-refractivity contribution < 1.29 is 5.11 Å². The molecule has 0 aliphatic carbocycles. The summed E-state index contributed by atoms with van der Waals surface area (Å²) in [5.41, 5.74) is 2.64. The van der Waals surface area contributed by atoms with Crippen LogP contribution in [0, 0.1) is 0 Å². The van der Waals surface area contributed by atoms with E-state index in [0.29, 0.717) is 23.0 Å². The minimum atomic E-state index is 0.0488. The fourth-order valence-electron chi connectivity index (χ4n) is 4.59. The summed E-state index contributed by atoms with van der Waals surface area (Å²) < 4.78 is 0. The van der Waals surface area contributed by atoms with Crippen LogP contribution in [0.4, 0.5) is 0 Å². The summed E-state index contributed by atoms with van der Waals surface area (Å²) >= 11 is 0. The molecule has 0 atom stereocenters. The Morgan fingerprint density at radius 3 is 2.31 bits per heavy atom. The molecule has 0 radical (unpaired) electrons. The van der Waals surface area contributed by atoms with Gasteiger partial charge in [-0.3, -0.25) is 0 Å². The van der Waals surface area contributed by atoms with Gasteiger partial charge in [0, 0.05) is 42.3 Å². The molecule has 8 nitrogen and oxygen atoms in total. The topological polar surface area (TPSA) is 90.9 Å². The van der Waals surface area contributed by atoms with E-state index < -0.39 is 0 Å². The second kappa shape index (κ2) is 11.6. The van der Waals surface area contributed by atoms with E-state index in [4.69, 9.17) is 0 Å². The fourth-order valence-corrected chi connectivity index (χ4v) is 4.59. The minimum absolute atomic E-state index is 0.0488. The molecule has 1 fully saturated rings. The van der Waals surface area contributed by atoms with Crippen molar-refractivity contribution in [3.8, 4) is 17.0 Å². The zero-order valence-corrected chi connectivity index (χ0v) is 22.9. The second-order valence-corrected chi connectivity index (χ2v) is 10.6. The molecule has 8 heteroatoms. The van der Waals surface area contributed by atoms with Gasteiger partial charge in [-0.25, -0.2) is 0 Å². The average molecular weight is 482 g/mol. The van der Waals surface area contributed by atoms with Crippen molar-refractivity contribution in [2.75, 3.05) is 7.05 Å². The van der Waals surface area contributed by atoms with Crippen LogP contribution in [0.3, 0.4) is 0 Å². The lowest BCUT2D eigenvalue weighted by Gasteiger charge is -2.49. The highest BCUT2D eigenvalue weighted by atomic mass is 16.3. The molecule has 0 bridgehead atoms. The maximum Gasteiger partial charge on any atom is 0.125 e. The third kappa shape index (κ3) is 7.75. The first kappa shape index (κ1) is 28.2. The maximum atomic E-state index is 10.6. The van der Waals surface area contributed by atoms with Gasteiger partial charge in [-0.05, 0) is 65.7 Å². The van der Waals surface area contributed by atoms with E-state index >= 15 is 0 Å². The van der Waals surface area contributed by atoms with Gasteiger partial charge in [-0.15, -0.1) is 10.2 Å². The van der Waals surface area contributed by atoms with Gasteiger partial charge < -0.3 is 15.3 Å². The Labute approximate surface area is 210 Å². The molecule has 2 aromatic rings. The van der Waals surface area contributed by atoms with E-state index in [9.17, 15) is 5.11 Å². The zero-order valence-electron chi connectivity index (χ0n) is 22.9. The van der Waals surface area contributed by atoms with Crippen molar-refractivity contribution in [3.05, 3.63) is 42.6 Å². The van der Waals surface area contributed by atoms with Gasteiger partial charge in [0.1, 0.15) is 17.3 Å². The smallest absolute Gasteiger partial charge is 0.125 e. The first-order valence-electron chi connectivity index (χ1n) is 12.3. The highest BCUT2D eigenvalue weighted by Crippen LogP contribution is 2.31. The SMILES string of the molecule is C=C/C(=N\N=C(/C)N(C)C1CC(C)(C)NC(C)(C)C1)c1ccc(-c2cnn(C)n2)cc1O.CCC. The van der Waals surface area contributed by atoms with Crippen LogP contribution >= 0.6 is 0 Å². The van der Waals surface area contributed by atoms with Crippen LogP contribution in [0.2, 0.25) is 0 Å². The molecule has 0 saturated carbocycles. The molecule has 0 unspecified atom stereocenters. The number of aromatic nitrogens is 3. The van der Waals surface area contributed by atoms with Crippen LogP contribution in [0.5, 0.6) is 5.75 Å². The standard InChI is InChI=1S/C24H35N7O.C3H8/c1-9-20(19-11-10-17(12-22(19)32)21-15-25-31(8)28-21)27-26-16(2)30(7)18-13-23(3,4)29-24(5,6)14-18;1-3-2/h9-12,15,18,29,32H,1,13-14H2,2-8H3;3H2,1-2H3/b26-16+,27-20+;. The molecule has 2 heterocycles. The summed E-state index contributed by atoms with van der Waals surface area (Å²) in [7, 11) is 3.82. The number of benzene rings is 1. The van der Waals surface area contributed by atoms with Crippen LogP contribution in [0.25, 0.3) is 11.3 Å². The van der Waals surface area contributed by atoms with Gasteiger partial charge >= 0.3 is 0 Å². The Bertz CT molecular complexity index is 1050. The number of rotatable bonds is 5. The Kier molecular flexibility index (Phi) is 9.38. The van der Waals surface area contributed by atoms with Crippen LogP contribution < -0.4 is 5.32 Å². The highest BCUT2D eigenvalue weighted by molar-refractivity contribution is 6.10. The van der Waals surface area contributed by atoms with Gasteiger partial charge in [0.2, 0.25) is 0 Å². The van der Waals surface area contributed by atoms with Gasteiger partial charge in [-0.1, -0.05) is 32.9 Å². The molecule has 2 N–H and O–H groups in total. The Morgan fingerprint density at radius 1 is 1.23 bits per heavy atom. The molecule has 1 aromatic heterocycles. The van der Waals surface area contributed by atoms with Crippen molar-refractivity contribution in [1.82, 2.24) is 25.2 Å². The fraction of sp³-hybridized carbons (Fsp3) is 0.556. The van der Waals surface area contributed by atoms with Gasteiger partial charge in [0.15, 0.2) is 0 Å². The number of aryl methyl sites for hydroxylation is 1. The summed E-state index contributed by atoms with van der Waals surface area (Å²) in [5, 5.41) is 31.5. The summed E-state index contributed by atoms with van der Waals surface area (Å²) in [6.07, 6.45) is 6.54. The first-order valence-corrected chi connectivity index (χ1v) is 12.3. The summed E-state index contributed by atoms with van der Waals surface area (Å²) in [6.45, 7) is 19.0. The molecular weight excluding hydrogens is 438 g/mol. The summed E-state index contributed by atoms with van der Waals surface area (Å²) in [5.74, 6) is 0.911. The minimum Gasteiger partial charge on any atom is -0.507 e. The number of nitrogens with one attached hydrogen (secondary N) is 1. The lowest BCUT2D eigenvalue weighted by Crippen LogP contribution is -2.62. The Balaban J connectivity index is 0.00000137. The van der Waals surface area contributed by atoms with Crippen molar-refractivity contribution in [2.45, 2.75) is 84.8 Å². The summed E-state index contributed by atoms with van der Waals surface area (Å²) in [4.78, 5) is 3.68. The molecule has 192 valence electrons. The number of aromatic hydroxyl groups is 1. The van der Waals surface area contributed by atoms with E-state index in [1.807, 2.05) is 13.0 Å². The number of piperidine rings is 1. The quantitative estimate of drug-likeness (QED) is 0.350. The van der Waals surface area contributed by atoms with E-state index in [2.05, 4.69) is 85.8 Å². The highest BCUT2D eigenvalue weighted by Gasteiger charge is 2.39. The molecule has 1 aliphatic heterocycles. The van der Waals surface area contributed by atoms with Crippen molar-refractivity contribution in [3.63, 3.8) is 0 Å². The predicted molar refractivity (Wildman–Crippen MR) is 146 cm³/mol. The molecular formula is C27H43N7O. The molecule has 0 amide bonds. The van der Waals surface area contributed by atoms with Gasteiger partial charge in [0.25, 0.3) is 0 Å². The maximum absolute atomic E-state index is 10.6. The van der Waals surface area contributed by atoms with Crippen LogP contribution in [-0.2, 0) is 7.05 Å². The molecule has 35 heavy (non-hydrogen) atoms. The lowest BCUT2D eigenvalue weighted by atomic mass is 9.79. The number of hydrogen-bond donors (Lipinski definition) is 2. The third-order valence-electron chi connectivity index (χ3n) is 5.89. The van der Waals surface area contributed by atoms with E-state index in [-0.39, 0.29) is 16.8 Å². The zero-order chi connectivity index (χ0) is 26.4. The van der Waals surface area contributed by atoms with E-state index in [1.165, 1.54) is 11.2 Å². The van der Waals surface area contributed by atoms with Gasteiger partial charge in [-0.2, -0.15) is 15.0 Å². The van der Waals surface area contributed by atoms with Crippen molar-refractivity contribution in [1.29, 1.82) is 0 Å². The predicted octanol–water partition coefficient (Wildman–Crippen LogP) is 5.15. The number of amidine groups is 1. The van der Waals surface area contributed by atoms with E-state index in [1.54, 1.807) is 31.5 Å². The molecule has 3 rings (SSSR count). The monoisotopic (exact) mass is 481 g/mol. The molecule has 1 aromatic carbocycles. The largest absolute Gasteiger partial charge is 0.507 e. The number of hydrogen-bond acceptors (Lipinski definition) is 6. The number of allylic oxidation sites excluding steroid dienone is 1. The first-order chi connectivity index (χ1) is 16.3. The third-order valence-corrected chi connectivity index (χ3v) is 5.89. The van der Waals surface area contributed by atoms with Gasteiger partial charge in [0.05, 0.1) is 11.9 Å². The number of phenolic OH excluding ortho intramolecular Hbond substituents is 1. The van der Waals surface area contributed by atoms with E-state index in [0.717, 1.165) is 24.2 Å². The van der Waals surface area contributed by atoms with Crippen molar-refractivity contribution >= 4 is 11.5 Å². The molecule has 1 saturated heterocycles. The number of phenols is 1. The Hall–Kier alpha value is -3.00. The van der Waals surface area contributed by atoms with Crippen LogP contribution in [0.15, 0.2) is 47.3 Å². The van der Waals surface area contributed by atoms with Crippen LogP contribution in [0.1, 0.15) is 73.3 Å². The average Bonchev–Trinajstić information content (AvgIpc) is 3.19.